The molecule has 2 amide bonds. The number of urea groups is 1. The molecule has 1 aliphatic rings. The summed E-state index contributed by atoms with van der Waals surface area (Å²) in [5, 5.41) is 2.86. The van der Waals surface area contributed by atoms with Gasteiger partial charge in [-0.15, -0.1) is 0 Å². The predicted molar refractivity (Wildman–Crippen MR) is 92.8 cm³/mol. The fraction of sp³-hybridized carbons (Fsp3) is 0.500. The molecule has 0 aromatic heterocycles. The van der Waals surface area contributed by atoms with Crippen molar-refractivity contribution in [2.75, 3.05) is 13.1 Å². The van der Waals surface area contributed by atoms with E-state index in [1.165, 1.54) is 0 Å². The van der Waals surface area contributed by atoms with Gasteiger partial charge in [0.1, 0.15) is 5.75 Å². The molecule has 1 N–H and O–H groups in total. The third-order valence-electron chi connectivity index (χ3n) is 3.49. The van der Waals surface area contributed by atoms with Crippen molar-refractivity contribution in [3.8, 4) is 5.75 Å². The fourth-order valence-corrected chi connectivity index (χ4v) is 2.75. The maximum absolute atomic E-state index is 12.3. The van der Waals surface area contributed by atoms with Gasteiger partial charge in [0.15, 0.2) is 0 Å². The molecule has 0 unspecified atom stereocenters. The van der Waals surface area contributed by atoms with Crippen molar-refractivity contribution in [2.24, 2.45) is 5.92 Å². The lowest BCUT2D eigenvalue weighted by atomic mass is 9.98. The zero-order valence-corrected chi connectivity index (χ0v) is 15.0. The molecule has 0 bridgehead atoms. The van der Waals surface area contributed by atoms with Crippen LogP contribution in [0.1, 0.15) is 26.7 Å². The molecular weight excluding hydrogens is 395 g/mol. The van der Waals surface area contributed by atoms with Gasteiger partial charge in [0, 0.05) is 22.7 Å². The highest BCUT2D eigenvalue weighted by molar-refractivity contribution is 14.1. The number of amides is 2. The molecule has 22 heavy (non-hydrogen) atoms. The molecule has 1 atom stereocenters. The second-order valence-electron chi connectivity index (χ2n) is 5.76. The van der Waals surface area contributed by atoms with Crippen molar-refractivity contribution in [2.45, 2.75) is 32.7 Å². The Kier molecular flexibility index (Phi) is 6.05. The number of likely N-dealkylation sites (tertiary alicyclic amines) is 1. The van der Waals surface area contributed by atoms with E-state index in [1.54, 1.807) is 17.0 Å². The molecule has 1 aliphatic heterocycles. The van der Waals surface area contributed by atoms with Crippen molar-refractivity contribution < 1.29 is 14.3 Å². The SMILES string of the molecule is CC(C)NC(=O)N1CCC[C@@H](C(=O)Oc2ccc(I)cc2)C1. The number of ether oxygens (including phenoxy) is 1. The molecule has 0 saturated carbocycles. The Morgan fingerprint density at radius 3 is 2.64 bits per heavy atom. The van der Waals surface area contributed by atoms with Crippen LogP contribution in [-0.4, -0.2) is 36.0 Å². The highest BCUT2D eigenvalue weighted by Crippen LogP contribution is 2.21. The number of esters is 1. The van der Waals surface area contributed by atoms with Gasteiger partial charge in [-0.2, -0.15) is 0 Å². The maximum atomic E-state index is 12.3. The molecule has 1 saturated heterocycles. The number of benzene rings is 1. The predicted octanol–water partition coefficient (Wildman–Crippen LogP) is 3.03. The Balaban J connectivity index is 1.92. The summed E-state index contributed by atoms with van der Waals surface area (Å²) in [6, 6.07) is 7.34. The zero-order valence-electron chi connectivity index (χ0n) is 12.8. The van der Waals surface area contributed by atoms with Gasteiger partial charge in [-0.25, -0.2) is 4.79 Å². The number of hydrogen-bond donors (Lipinski definition) is 1. The monoisotopic (exact) mass is 416 g/mol. The highest BCUT2D eigenvalue weighted by Gasteiger charge is 2.29. The van der Waals surface area contributed by atoms with Crippen molar-refractivity contribution in [1.82, 2.24) is 10.2 Å². The van der Waals surface area contributed by atoms with Crippen LogP contribution in [0.4, 0.5) is 4.79 Å². The molecule has 1 heterocycles. The molecule has 0 radical (unpaired) electrons. The lowest BCUT2D eigenvalue weighted by Crippen LogP contribution is -2.49. The van der Waals surface area contributed by atoms with Gasteiger partial charge >= 0.3 is 12.0 Å². The first-order valence-electron chi connectivity index (χ1n) is 7.48. The summed E-state index contributed by atoms with van der Waals surface area (Å²) >= 11 is 2.20. The van der Waals surface area contributed by atoms with Crippen LogP contribution in [-0.2, 0) is 4.79 Å². The largest absolute Gasteiger partial charge is 0.426 e. The molecule has 6 heteroatoms. The van der Waals surface area contributed by atoms with E-state index in [-0.39, 0.29) is 24.0 Å². The normalized spacial score (nSPS) is 18.2. The van der Waals surface area contributed by atoms with Crippen LogP contribution in [0.2, 0.25) is 0 Å². The number of nitrogens with one attached hydrogen (secondary N) is 1. The van der Waals surface area contributed by atoms with Crippen LogP contribution in [0, 0.1) is 9.49 Å². The maximum Gasteiger partial charge on any atom is 0.317 e. The van der Waals surface area contributed by atoms with E-state index in [1.807, 2.05) is 26.0 Å². The number of halogens is 1. The first kappa shape index (κ1) is 17.1. The molecule has 0 aliphatic carbocycles. The van der Waals surface area contributed by atoms with Gasteiger partial charge in [0.05, 0.1) is 5.92 Å². The van der Waals surface area contributed by atoms with Crippen molar-refractivity contribution >= 4 is 34.6 Å². The summed E-state index contributed by atoms with van der Waals surface area (Å²) < 4.78 is 6.51. The van der Waals surface area contributed by atoms with E-state index in [0.29, 0.717) is 18.8 Å². The van der Waals surface area contributed by atoms with Crippen molar-refractivity contribution in [3.05, 3.63) is 27.8 Å². The van der Waals surface area contributed by atoms with Gasteiger partial charge in [0.2, 0.25) is 0 Å². The first-order valence-corrected chi connectivity index (χ1v) is 8.56. The van der Waals surface area contributed by atoms with Crippen LogP contribution in [0.3, 0.4) is 0 Å². The van der Waals surface area contributed by atoms with Crippen LogP contribution in [0.25, 0.3) is 0 Å². The number of hydrogen-bond acceptors (Lipinski definition) is 3. The second-order valence-corrected chi connectivity index (χ2v) is 7.01. The van der Waals surface area contributed by atoms with E-state index >= 15 is 0 Å². The Bertz CT molecular complexity index is 531. The smallest absolute Gasteiger partial charge is 0.317 e. The minimum Gasteiger partial charge on any atom is -0.426 e. The van der Waals surface area contributed by atoms with Gasteiger partial charge in [0.25, 0.3) is 0 Å². The topological polar surface area (TPSA) is 58.6 Å². The molecular formula is C16H21IN2O3. The summed E-state index contributed by atoms with van der Waals surface area (Å²) in [5.74, 6) is 0.0309. The zero-order chi connectivity index (χ0) is 16.1. The second kappa shape index (κ2) is 7.80. The molecule has 1 fully saturated rings. The Morgan fingerprint density at radius 2 is 2.00 bits per heavy atom. The van der Waals surface area contributed by atoms with Crippen LogP contribution in [0.15, 0.2) is 24.3 Å². The summed E-state index contributed by atoms with van der Waals surface area (Å²) in [6.07, 6.45) is 1.58. The molecule has 5 nitrogen and oxygen atoms in total. The third kappa shape index (κ3) is 4.86. The van der Waals surface area contributed by atoms with Crippen molar-refractivity contribution in [3.63, 3.8) is 0 Å². The number of carbonyl (C=O) groups excluding carboxylic acids is 2. The van der Waals surface area contributed by atoms with E-state index in [9.17, 15) is 9.59 Å². The van der Waals surface area contributed by atoms with Crippen LogP contribution < -0.4 is 10.1 Å². The van der Waals surface area contributed by atoms with Gasteiger partial charge < -0.3 is 15.0 Å². The summed E-state index contributed by atoms with van der Waals surface area (Å²) in [7, 11) is 0. The lowest BCUT2D eigenvalue weighted by molar-refractivity contribution is -0.140. The van der Waals surface area contributed by atoms with Gasteiger partial charge in [-0.05, 0) is 73.5 Å². The average Bonchev–Trinajstić information content (AvgIpc) is 2.49. The minimum absolute atomic E-state index is 0.0895. The summed E-state index contributed by atoms with van der Waals surface area (Å²) in [5.41, 5.74) is 0. The Hall–Kier alpha value is -1.31. The van der Waals surface area contributed by atoms with Crippen LogP contribution in [0.5, 0.6) is 5.75 Å². The minimum atomic E-state index is -0.261. The quantitative estimate of drug-likeness (QED) is 0.468. The first-order chi connectivity index (χ1) is 10.5. The van der Waals surface area contributed by atoms with E-state index in [0.717, 1.165) is 16.4 Å². The number of nitrogens with zero attached hydrogens (tertiary/aromatic N) is 1. The summed E-state index contributed by atoms with van der Waals surface area (Å²) in [6.45, 7) is 4.95. The summed E-state index contributed by atoms with van der Waals surface area (Å²) in [4.78, 5) is 26.0. The van der Waals surface area contributed by atoms with Crippen LogP contribution >= 0.6 is 22.6 Å². The molecule has 1 aromatic rings. The molecule has 2 rings (SSSR count). The van der Waals surface area contributed by atoms with E-state index in [2.05, 4.69) is 27.9 Å². The lowest BCUT2D eigenvalue weighted by Gasteiger charge is -2.32. The Morgan fingerprint density at radius 1 is 1.32 bits per heavy atom. The van der Waals surface area contributed by atoms with Crippen molar-refractivity contribution in [1.29, 1.82) is 0 Å². The van der Waals surface area contributed by atoms with Gasteiger partial charge in [-0.1, -0.05) is 0 Å². The fourth-order valence-electron chi connectivity index (χ4n) is 2.39. The number of carbonyl (C=O) groups is 2. The highest BCUT2D eigenvalue weighted by atomic mass is 127. The Labute approximate surface area is 144 Å². The van der Waals surface area contributed by atoms with E-state index in [4.69, 9.17) is 4.74 Å². The number of rotatable bonds is 3. The number of piperidine rings is 1. The van der Waals surface area contributed by atoms with E-state index < -0.39 is 0 Å². The third-order valence-corrected chi connectivity index (χ3v) is 4.21. The molecule has 1 aromatic carbocycles. The average molecular weight is 416 g/mol. The standard InChI is InChI=1S/C16H21IN2O3/c1-11(2)18-16(21)19-9-3-4-12(10-19)15(20)22-14-7-5-13(17)6-8-14/h5-8,11-12H,3-4,9-10H2,1-2H3,(H,18,21)/t12-/m1/s1. The molecule has 0 spiro atoms. The van der Waals surface area contributed by atoms with Gasteiger partial charge in [-0.3, -0.25) is 4.79 Å². The molecule has 120 valence electrons.